The van der Waals surface area contributed by atoms with Crippen molar-refractivity contribution in [3.8, 4) is 0 Å². The fourth-order valence-corrected chi connectivity index (χ4v) is 3.33. The van der Waals surface area contributed by atoms with E-state index in [-0.39, 0.29) is 0 Å². The SMILES string of the molecule is Cc1cc(C)nc(N/N=C/c2ccc(N3CCNCC3)s2)n1. The van der Waals surface area contributed by atoms with Crippen molar-refractivity contribution < 1.29 is 0 Å². The van der Waals surface area contributed by atoms with E-state index in [1.807, 2.05) is 26.1 Å². The Bertz CT molecular complexity index is 640. The van der Waals surface area contributed by atoms with E-state index in [0.717, 1.165) is 42.4 Å². The van der Waals surface area contributed by atoms with Crippen molar-refractivity contribution in [1.82, 2.24) is 15.3 Å². The van der Waals surface area contributed by atoms with E-state index in [4.69, 9.17) is 0 Å². The number of piperazine rings is 1. The van der Waals surface area contributed by atoms with E-state index < -0.39 is 0 Å². The van der Waals surface area contributed by atoms with Crippen molar-refractivity contribution in [2.24, 2.45) is 5.10 Å². The van der Waals surface area contributed by atoms with Crippen molar-refractivity contribution in [3.63, 3.8) is 0 Å². The minimum Gasteiger partial charge on any atom is -0.361 e. The minimum absolute atomic E-state index is 0.535. The summed E-state index contributed by atoms with van der Waals surface area (Å²) < 4.78 is 0. The van der Waals surface area contributed by atoms with Crippen LogP contribution in [0.25, 0.3) is 0 Å². The summed E-state index contributed by atoms with van der Waals surface area (Å²) in [5.74, 6) is 0.535. The van der Waals surface area contributed by atoms with Gasteiger partial charge in [-0.2, -0.15) is 5.10 Å². The van der Waals surface area contributed by atoms with Crippen LogP contribution in [0.2, 0.25) is 0 Å². The summed E-state index contributed by atoms with van der Waals surface area (Å²) in [6.45, 7) is 8.11. The second kappa shape index (κ2) is 6.85. The third kappa shape index (κ3) is 3.80. The van der Waals surface area contributed by atoms with E-state index in [1.54, 1.807) is 11.3 Å². The zero-order valence-electron chi connectivity index (χ0n) is 12.8. The summed E-state index contributed by atoms with van der Waals surface area (Å²) in [4.78, 5) is 12.1. The van der Waals surface area contributed by atoms with Crippen LogP contribution < -0.4 is 15.6 Å². The average molecular weight is 316 g/mol. The van der Waals surface area contributed by atoms with Gasteiger partial charge >= 0.3 is 0 Å². The fraction of sp³-hybridized carbons (Fsp3) is 0.400. The molecule has 7 heteroatoms. The Labute approximate surface area is 134 Å². The highest BCUT2D eigenvalue weighted by atomic mass is 32.1. The highest BCUT2D eigenvalue weighted by Gasteiger charge is 2.11. The number of thiophene rings is 1. The van der Waals surface area contributed by atoms with E-state index in [2.05, 4.69) is 42.8 Å². The van der Waals surface area contributed by atoms with E-state index in [1.165, 1.54) is 5.00 Å². The van der Waals surface area contributed by atoms with Crippen molar-refractivity contribution in [1.29, 1.82) is 0 Å². The van der Waals surface area contributed by atoms with Gasteiger partial charge in [0.2, 0.25) is 5.95 Å². The number of rotatable bonds is 4. The van der Waals surface area contributed by atoms with E-state index in [0.29, 0.717) is 5.95 Å². The first kappa shape index (κ1) is 14.9. The molecule has 0 spiro atoms. The Morgan fingerprint density at radius 1 is 1.23 bits per heavy atom. The predicted molar refractivity (Wildman–Crippen MR) is 92.1 cm³/mol. The molecule has 2 N–H and O–H groups in total. The average Bonchev–Trinajstić information content (AvgIpc) is 2.96. The molecule has 1 aliphatic heterocycles. The molecule has 0 bridgehead atoms. The lowest BCUT2D eigenvalue weighted by Crippen LogP contribution is -2.43. The van der Waals surface area contributed by atoms with Gasteiger partial charge in [0, 0.05) is 42.4 Å². The Morgan fingerprint density at radius 3 is 2.68 bits per heavy atom. The summed E-state index contributed by atoms with van der Waals surface area (Å²) in [6.07, 6.45) is 1.82. The molecule has 6 nitrogen and oxygen atoms in total. The highest BCUT2D eigenvalue weighted by molar-refractivity contribution is 7.17. The maximum absolute atomic E-state index is 4.30. The lowest BCUT2D eigenvalue weighted by atomic mass is 10.4. The summed E-state index contributed by atoms with van der Waals surface area (Å²) in [6, 6.07) is 6.19. The smallest absolute Gasteiger partial charge is 0.243 e. The summed E-state index contributed by atoms with van der Waals surface area (Å²) in [5.41, 5.74) is 4.76. The van der Waals surface area contributed by atoms with Gasteiger partial charge < -0.3 is 10.2 Å². The Morgan fingerprint density at radius 2 is 1.95 bits per heavy atom. The van der Waals surface area contributed by atoms with Crippen molar-refractivity contribution in [3.05, 3.63) is 34.5 Å². The molecule has 0 saturated carbocycles. The van der Waals surface area contributed by atoms with Gasteiger partial charge in [-0.25, -0.2) is 15.4 Å². The molecule has 1 fully saturated rings. The number of nitrogens with one attached hydrogen (secondary N) is 2. The maximum Gasteiger partial charge on any atom is 0.243 e. The Kier molecular flexibility index (Phi) is 4.65. The van der Waals surface area contributed by atoms with Gasteiger partial charge in [-0.3, -0.25) is 0 Å². The van der Waals surface area contributed by atoms with Crippen LogP contribution in [-0.2, 0) is 0 Å². The zero-order valence-corrected chi connectivity index (χ0v) is 13.7. The van der Waals surface area contributed by atoms with Crippen LogP contribution in [0.5, 0.6) is 0 Å². The molecule has 2 aromatic heterocycles. The Hall–Kier alpha value is -1.99. The molecular weight excluding hydrogens is 296 g/mol. The first-order valence-electron chi connectivity index (χ1n) is 7.37. The molecule has 2 aromatic rings. The molecule has 22 heavy (non-hydrogen) atoms. The summed E-state index contributed by atoms with van der Waals surface area (Å²) >= 11 is 1.75. The molecule has 116 valence electrons. The van der Waals surface area contributed by atoms with Gasteiger partial charge in [0.05, 0.1) is 11.2 Å². The second-order valence-corrected chi connectivity index (χ2v) is 6.35. The molecule has 3 heterocycles. The molecular formula is C15H20N6S. The van der Waals surface area contributed by atoms with Crippen LogP contribution in [0.4, 0.5) is 10.9 Å². The van der Waals surface area contributed by atoms with Gasteiger partial charge in [-0.1, -0.05) is 0 Å². The highest BCUT2D eigenvalue weighted by Crippen LogP contribution is 2.25. The van der Waals surface area contributed by atoms with E-state index in [9.17, 15) is 0 Å². The van der Waals surface area contributed by atoms with E-state index >= 15 is 0 Å². The number of nitrogens with zero attached hydrogens (tertiary/aromatic N) is 4. The molecule has 1 saturated heterocycles. The van der Waals surface area contributed by atoms with Crippen LogP contribution in [0.3, 0.4) is 0 Å². The number of hydrogen-bond donors (Lipinski definition) is 2. The molecule has 1 aliphatic rings. The summed E-state index contributed by atoms with van der Waals surface area (Å²) in [7, 11) is 0. The topological polar surface area (TPSA) is 65.4 Å². The minimum atomic E-state index is 0.535. The third-order valence-corrected chi connectivity index (χ3v) is 4.46. The molecule has 3 rings (SSSR count). The van der Waals surface area contributed by atoms with Gasteiger partial charge in [0.1, 0.15) is 0 Å². The standard InChI is InChI=1S/C15H20N6S/c1-11-9-12(2)19-15(18-11)20-17-10-13-3-4-14(22-13)21-7-5-16-6-8-21/h3-4,9-10,16H,5-8H2,1-2H3,(H,18,19,20)/b17-10+. The molecule has 0 aliphatic carbocycles. The number of hydrazone groups is 1. The first-order chi connectivity index (χ1) is 10.7. The van der Waals surface area contributed by atoms with Crippen LogP contribution in [0, 0.1) is 13.8 Å². The van der Waals surface area contributed by atoms with Gasteiger partial charge in [-0.05, 0) is 32.0 Å². The molecule has 0 amide bonds. The largest absolute Gasteiger partial charge is 0.361 e. The number of aromatic nitrogens is 2. The van der Waals surface area contributed by atoms with Crippen molar-refractivity contribution >= 4 is 28.5 Å². The number of anilines is 2. The predicted octanol–water partition coefficient (Wildman–Crippen LogP) is 2.01. The number of aryl methyl sites for hydroxylation is 2. The Balaban J connectivity index is 1.61. The van der Waals surface area contributed by atoms with Crippen LogP contribution in [0.1, 0.15) is 16.3 Å². The van der Waals surface area contributed by atoms with Crippen LogP contribution in [-0.4, -0.2) is 42.4 Å². The normalized spacial score (nSPS) is 15.5. The number of hydrogen-bond acceptors (Lipinski definition) is 7. The lowest BCUT2D eigenvalue weighted by molar-refractivity contribution is 0.592. The van der Waals surface area contributed by atoms with Crippen LogP contribution >= 0.6 is 11.3 Å². The quantitative estimate of drug-likeness (QED) is 0.667. The maximum atomic E-state index is 4.30. The summed E-state index contributed by atoms with van der Waals surface area (Å²) in [5, 5.41) is 8.89. The molecule has 0 unspecified atom stereocenters. The lowest BCUT2D eigenvalue weighted by Gasteiger charge is -2.27. The first-order valence-corrected chi connectivity index (χ1v) is 8.19. The zero-order chi connectivity index (χ0) is 15.4. The van der Waals surface area contributed by atoms with Gasteiger partial charge in [-0.15, -0.1) is 11.3 Å². The second-order valence-electron chi connectivity index (χ2n) is 5.26. The fourth-order valence-electron chi connectivity index (χ4n) is 2.40. The van der Waals surface area contributed by atoms with Crippen molar-refractivity contribution in [2.45, 2.75) is 13.8 Å². The third-order valence-electron chi connectivity index (χ3n) is 3.38. The van der Waals surface area contributed by atoms with Crippen LogP contribution in [0.15, 0.2) is 23.3 Å². The van der Waals surface area contributed by atoms with Crippen molar-refractivity contribution in [2.75, 3.05) is 36.5 Å². The molecule has 0 radical (unpaired) electrons. The molecule has 0 aromatic carbocycles. The van der Waals surface area contributed by atoms with Gasteiger partial charge in [0.15, 0.2) is 0 Å². The monoisotopic (exact) mass is 316 g/mol. The van der Waals surface area contributed by atoms with Gasteiger partial charge in [0.25, 0.3) is 0 Å². The molecule has 0 atom stereocenters.